The SMILES string of the molecule is C=C(C)S(=O)C=CCS(=O)C(=C)C. The van der Waals surface area contributed by atoms with Crippen LogP contribution in [0.5, 0.6) is 0 Å². The van der Waals surface area contributed by atoms with E-state index in [1.807, 2.05) is 0 Å². The minimum absolute atomic E-state index is 0.369. The van der Waals surface area contributed by atoms with Crippen LogP contribution in [-0.4, -0.2) is 14.2 Å². The van der Waals surface area contributed by atoms with E-state index < -0.39 is 21.6 Å². The molecule has 2 unspecified atom stereocenters. The van der Waals surface area contributed by atoms with Crippen LogP contribution in [0.15, 0.2) is 34.5 Å². The zero-order valence-corrected chi connectivity index (χ0v) is 9.54. The van der Waals surface area contributed by atoms with Gasteiger partial charge >= 0.3 is 0 Å². The van der Waals surface area contributed by atoms with Crippen LogP contribution in [-0.2, 0) is 21.6 Å². The highest BCUT2D eigenvalue weighted by atomic mass is 32.2. The summed E-state index contributed by atoms with van der Waals surface area (Å²) in [6.45, 7) is 10.5. The Morgan fingerprint density at radius 3 is 2.15 bits per heavy atom. The Morgan fingerprint density at radius 1 is 1.23 bits per heavy atom. The maximum absolute atomic E-state index is 11.1. The van der Waals surface area contributed by atoms with Crippen molar-refractivity contribution in [3.63, 3.8) is 0 Å². The van der Waals surface area contributed by atoms with Gasteiger partial charge in [0.15, 0.2) is 0 Å². The first-order valence-electron chi connectivity index (χ1n) is 3.71. The molecule has 0 radical (unpaired) electrons. The Bertz CT molecular complexity index is 290. The zero-order valence-electron chi connectivity index (χ0n) is 7.91. The molecule has 0 aromatic heterocycles. The molecule has 13 heavy (non-hydrogen) atoms. The molecule has 0 aromatic rings. The fourth-order valence-corrected chi connectivity index (χ4v) is 1.65. The van der Waals surface area contributed by atoms with Gasteiger partial charge in [-0.15, -0.1) is 0 Å². The third-order valence-electron chi connectivity index (χ3n) is 1.20. The lowest BCUT2D eigenvalue weighted by atomic mass is 10.7. The molecule has 2 nitrogen and oxygen atoms in total. The summed E-state index contributed by atoms with van der Waals surface area (Å²) in [5.74, 6) is 0.369. The molecule has 0 aliphatic heterocycles. The van der Waals surface area contributed by atoms with E-state index in [-0.39, 0.29) is 0 Å². The second-order valence-electron chi connectivity index (χ2n) is 2.59. The van der Waals surface area contributed by atoms with E-state index in [9.17, 15) is 8.42 Å². The average Bonchev–Trinajstić information content (AvgIpc) is 2.03. The van der Waals surface area contributed by atoms with E-state index in [0.717, 1.165) is 0 Å². The third-order valence-corrected chi connectivity index (χ3v) is 3.60. The minimum atomic E-state index is -1.14. The fourth-order valence-electron chi connectivity index (χ4n) is 0.472. The topological polar surface area (TPSA) is 34.1 Å². The van der Waals surface area contributed by atoms with E-state index >= 15 is 0 Å². The van der Waals surface area contributed by atoms with Crippen molar-refractivity contribution < 1.29 is 8.42 Å². The second kappa shape index (κ2) is 6.05. The van der Waals surface area contributed by atoms with E-state index in [0.29, 0.717) is 15.6 Å². The molecule has 0 rings (SSSR count). The smallest absolute Gasteiger partial charge is 0.0722 e. The van der Waals surface area contributed by atoms with Crippen molar-refractivity contribution in [3.05, 3.63) is 34.5 Å². The Morgan fingerprint density at radius 2 is 1.77 bits per heavy atom. The van der Waals surface area contributed by atoms with Gasteiger partial charge in [-0.25, -0.2) is 0 Å². The Labute approximate surface area is 84.3 Å². The van der Waals surface area contributed by atoms with Gasteiger partial charge in [-0.05, 0) is 13.8 Å². The first-order valence-corrected chi connectivity index (χ1v) is 6.25. The summed E-state index contributed by atoms with van der Waals surface area (Å²) in [7, 11) is -2.19. The van der Waals surface area contributed by atoms with Crippen LogP contribution in [0.1, 0.15) is 13.8 Å². The van der Waals surface area contributed by atoms with Crippen molar-refractivity contribution in [1.82, 2.24) is 0 Å². The van der Waals surface area contributed by atoms with Crippen molar-refractivity contribution in [2.24, 2.45) is 0 Å². The molecule has 2 atom stereocenters. The predicted octanol–water partition coefficient (Wildman–Crippen LogP) is 2.06. The molecular weight excluding hydrogens is 204 g/mol. The van der Waals surface area contributed by atoms with E-state index in [1.165, 1.54) is 5.41 Å². The lowest BCUT2D eigenvalue weighted by Gasteiger charge is -1.94. The van der Waals surface area contributed by atoms with Crippen molar-refractivity contribution in [2.45, 2.75) is 13.8 Å². The zero-order chi connectivity index (χ0) is 10.4. The highest BCUT2D eigenvalue weighted by molar-refractivity contribution is 7.92. The van der Waals surface area contributed by atoms with E-state index in [2.05, 4.69) is 13.2 Å². The molecule has 0 amide bonds. The lowest BCUT2D eigenvalue weighted by molar-refractivity contribution is 0.688. The minimum Gasteiger partial charge on any atom is -0.254 e. The summed E-state index contributed by atoms with van der Waals surface area (Å²) >= 11 is 0. The van der Waals surface area contributed by atoms with Gasteiger partial charge in [0.25, 0.3) is 0 Å². The standard InChI is InChI=1S/C9H14O2S2/c1-8(2)12(10)6-5-7-13(11)9(3)4/h5-6H,1,3,7H2,2,4H3. The monoisotopic (exact) mass is 218 g/mol. The van der Waals surface area contributed by atoms with Gasteiger partial charge < -0.3 is 0 Å². The summed E-state index contributed by atoms with van der Waals surface area (Å²) in [6.07, 6.45) is 1.63. The number of allylic oxidation sites excluding steroid dienone is 2. The number of rotatable bonds is 5. The van der Waals surface area contributed by atoms with Crippen molar-refractivity contribution >= 4 is 21.6 Å². The lowest BCUT2D eigenvalue weighted by Crippen LogP contribution is -1.94. The molecule has 0 fully saturated rings. The fraction of sp³-hybridized carbons (Fsp3) is 0.333. The second-order valence-corrected chi connectivity index (χ2v) is 5.87. The summed E-state index contributed by atoms with van der Waals surface area (Å²) in [6, 6.07) is 0. The average molecular weight is 218 g/mol. The molecule has 0 saturated heterocycles. The van der Waals surface area contributed by atoms with Gasteiger partial charge in [0.2, 0.25) is 0 Å². The van der Waals surface area contributed by atoms with E-state index in [4.69, 9.17) is 0 Å². The molecule has 0 saturated carbocycles. The highest BCUT2D eigenvalue weighted by Gasteiger charge is 1.97. The van der Waals surface area contributed by atoms with Crippen LogP contribution in [0, 0.1) is 0 Å². The molecule has 0 spiro atoms. The van der Waals surface area contributed by atoms with Gasteiger partial charge in [0, 0.05) is 21.0 Å². The number of hydrogen-bond acceptors (Lipinski definition) is 2. The molecule has 0 aliphatic carbocycles. The third kappa shape index (κ3) is 5.71. The van der Waals surface area contributed by atoms with Gasteiger partial charge in [0.1, 0.15) is 0 Å². The maximum Gasteiger partial charge on any atom is 0.0722 e. The molecule has 0 bridgehead atoms. The Balaban J connectivity index is 4.03. The van der Waals surface area contributed by atoms with Crippen molar-refractivity contribution in [1.29, 1.82) is 0 Å². The number of hydrogen-bond donors (Lipinski definition) is 0. The molecule has 0 N–H and O–H groups in total. The molecule has 0 heterocycles. The highest BCUT2D eigenvalue weighted by Crippen LogP contribution is 2.01. The van der Waals surface area contributed by atoms with Gasteiger partial charge in [-0.2, -0.15) is 0 Å². The Kier molecular flexibility index (Phi) is 5.82. The first kappa shape index (κ1) is 12.5. The van der Waals surface area contributed by atoms with Crippen LogP contribution in [0.25, 0.3) is 0 Å². The molecular formula is C9H14O2S2. The normalized spacial score (nSPS) is 15.5. The van der Waals surface area contributed by atoms with Crippen LogP contribution in [0.3, 0.4) is 0 Å². The molecule has 4 heteroatoms. The quantitative estimate of drug-likeness (QED) is 0.708. The van der Waals surface area contributed by atoms with Gasteiger partial charge in [0.05, 0.1) is 21.6 Å². The first-order chi connectivity index (χ1) is 5.95. The van der Waals surface area contributed by atoms with Crippen LogP contribution < -0.4 is 0 Å². The van der Waals surface area contributed by atoms with Gasteiger partial charge in [-0.1, -0.05) is 19.2 Å². The van der Waals surface area contributed by atoms with Crippen molar-refractivity contribution in [2.75, 3.05) is 5.75 Å². The summed E-state index contributed by atoms with van der Waals surface area (Å²) in [5, 5.41) is 1.50. The largest absolute Gasteiger partial charge is 0.254 e. The molecule has 0 aromatic carbocycles. The van der Waals surface area contributed by atoms with E-state index in [1.54, 1.807) is 19.9 Å². The Hall–Kier alpha value is -0.480. The molecule has 74 valence electrons. The summed E-state index contributed by atoms with van der Waals surface area (Å²) in [4.78, 5) is 1.23. The van der Waals surface area contributed by atoms with Gasteiger partial charge in [-0.3, -0.25) is 8.42 Å². The predicted molar refractivity (Wildman–Crippen MR) is 59.9 cm³/mol. The molecule has 0 aliphatic rings. The van der Waals surface area contributed by atoms with Crippen molar-refractivity contribution in [3.8, 4) is 0 Å². The van der Waals surface area contributed by atoms with Crippen LogP contribution >= 0.6 is 0 Å². The summed E-state index contributed by atoms with van der Waals surface area (Å²) < 4.78 is 22.2. The maximum atomic E-state index is 11.1. The summed E-state index contributed by atoms with van der Waals surface area (Å²) in [5.41, 5.74) is 0. The van der Waals surface area contributed by atoms with Crippen LogP contribution in [0.2, 0.25) is 0 Å². The van der Waals surface area contributed by atoms with Crippen LogP contribution in [0.4, 0.5) is 0 Å².